The molecule has 1 aromatic heterocycles. The van der Waals surface area contributed by atoms with Gasteiger partial charge in [-0.3, -0.25) is 4.79 Å². The van der Waals surface area contributed by atoms with E-state index < -0.39 is 0 Å². The normalized spacial score (nSPS) is 16.1. The maximum absolute atomic E-state index is 14.7. The van der Waals surface area contributed by atoms with Gasteiger partial charge >= 0.3 is 0 Å². The van der Waals surface area contributed by atoms with Crippen LogP contribution in [0, 0.1) is 5.82 Å². The van der Waals surface area contributed by atoms with Gasteiger partial charge in [0.15, 0.2) is 0 Å². The van der Waals surface area contributed by atoms with Crippen LogP contribution in [0.25, 0.3) is 22.3 Å². The monoisotopic (exact) mass is 383 g/mol. The second kappa shape index (κ2) is 7.18. The molecule has 27 heavy (non-hydrogen) atoms. The van der Waals surface area contributed by atoms with Crippen LogP contribution in [0.15, 0.2) is 54.7 Å². The smallest absolute Gasteiger partial charge is 0.268 e. The molecule has 138 valence electrons. The minimum Gasteiger partial charge on any atom is -0.349 e. The number of carbonyl (C=O) groups is 1. The third kappa shape index (κ3) is 3.13. The highest BCUT2D eigenvalue weighted by Gasteiger charge is 2.31. The number of halogens is 2. The first-order valence-corrected chi connectivity index (χ1v) is 9.22. The van der Waals surface area contributed by atoms with Gasteiger partial charge < -0.3 is 15.6 Å². The molecular formula is C21H19ClFN3O. The van der Waals surface area contributed by atoms with Crippen molar-refractivity contribution in [3.05, 3.63) is 71.3 Å². The van der Waals surface area contributed by atoms with Gasteiger partial charge in [-0.25, -0.2) is 4.39 Å². The Kier molecular flexibility index (Phi) is 4.72. The number of amides is 1. The third-order valence-corrected chi connectivity index (χ3v) is 5.16. The van der Waals surface area contributed by atoms with Crippen molar-refractivity contribution >= 4 is 17.5 Å². The van der Waals surface area contributed by atoms with Crippen molar-refractivity contribution < 1.29 is 9.18 Å². The lowest BCUT2D eigenvalue weighted by molar-refractivity contribution is 0.0914. The highest BCUT2D eigenvalue weighted by Crippen LogP contribution is 2.41. The Hall–Kier alpha value is -2.63. The topological polar surface area (TPSA) is 60.0 Å². The quantitative estimate of drug-likeness (QED) is 0.707. The number of benzene rings is 2. The summed E-state index contributed by atoms with van der Waals surface area (Å²) in [6, 6.07) is 14.0. The van der Waals surface area contributed by atoms with E-state index >= 15 is 0 Å². The Morgan fingerprint density at radius 2 is 1.96 bits per heavy atom. The Morgan fingerprint density at radius 3 is 2.70 bits per heavy atom. The standard InChI is InChI=1S/C21H19ClFN3O/c22-14-6-7-18(23)16(10-14)17-12-26-15(8-9-24)11-25-21(27)20(26)19(17)13-4-2-1-3-5-13/h1-7,10,12,15H,8-9,11,24H2,(H,25,27). The van der Waals surface area contributed by atoms with Crippen LogP contribution in [0.1, 0.15) is 23.0 Å². The number of carbonyl (C=O) groups excluding carboxylic acids is 1. The number of nitrogens with two attached hydrogens (primary N) is 1. The lowest BCUT2D eigenvalue weighted by atomic mass is 9.96. The van der Waals surface area contributed by atoms with Crippen LogP contribution in [-0.2, 0) is 0 Å². The predicted octanol–water partition coefficient (Wildman–Crippen LogP) is 4.25. The van der Waals surface area contributed by atoms with E-state index in [1.165, 1.54) is 12.1 Å². The van der Waals surface area contributed by atoms with E-state index in [9.17, 15) is 9.18 Å². The maximum Gasteiger partial charge on any atom is 0.268 e. The Balaban J connectivity index is 2.03. The summed E-state index contributed by atoms with van der Waals surface area (Å²) in [5.74, 6) is -0.550. The highest BCUT2D eigenvalue weighted by molar-refractivity contribution is 6.30. The van der Waals surface area contributed by atoms with Crippen molar-refractivity contribution in [3.63, 3.8) is 0 Å². The SMILES string of the molecule is NCCC1CNC(=O)c2c(-c3ccccc3)c(-c3cc(Cl)ccc3F)cn21. The first kappa shape index (κ1) is 17.8. The molecule has 0 bridgehead atoms. The van der Waals surface area contributed by atoms with E-state index in [1.807, 2.05) is 41.1 Å². The van der Waals surface area contributed by atoms with Gasteiger partial charge in [0.2, 0.25) is 0 Å². The fourth-order valence-electron chi connectivity index (χ4n) is 3.67. The van der Waals surface area contributed by atoms with Crippen LogP contribution in [0.5, 0.6) is 0 Å². The lowest BCUT2D eigenvalue weighted by Gasteiger charge is -2.26. The average molecular weight is 384 g/mol. The van der Waals surface area contributed by atoms with Crippen LogP contribution < -0.4 is 11.1 Å². The molecule has 2 aromatic carbocycles. The molecule has 2 heterocycles. The number of fused-ring (bicyclic) bond motifs is 1. The van der Waals surface area contributed by atoms with Crippen molar-refractivity contribution in [2.75, 3.05) is 13.1 Å². The van der Waals surface area contributed by atoms with Gasteiger partial charge in [0.05, 0.1) is 6.04 Å². The third-order valence-electron chi connectivity index (χ3n) is 4.92. The van der Waals surface area contributed by atoms with Crippen LogP contribution in [0.3, 0.4) is 0 Å². The van der Waals surface area contributed by atoms with Gasteiger partial charge in [0.25, 0.3) is 5.91 Å². The molecule has 1 atom stereocenters. The van der Waals surface area contributed by atoms with E-state index in [0.29, 0.717) is 46.9 Å². The zero-order valence-corrected chi connectivity index (χ0v) is 15.3. The van der Waals surface area contributed by atoms with Gasteiger partial charge in [-0.15, -0.1) is 0 Å². The summed E-state index contributed by atoms with van der Waals surface area (Å²) in [5, 5.41) is 3.38. The number of hydrogen-bond donors (Lipinski definition) is 2. The summed E-state index contributed by atoms with van der Waals surface area (Å²) in [5.41, 5.74) is 8.87. The van der Waals surface area contributed by atoms with Gasteiger partial charge in [-0.1, -0.05) is 41.9 Å². The summed E-state index contributed by atoms with van der Waals surface area (Å²) >= 11 is 6.13. The average Bonchev–Trinajstić information content (AvgIpc) is 3.08. The Bertz CT molecular complexity index is 1000. The van der Waals surface area contributed by atoms with Crippen LogP contribution >= 0.6 is 11.6 Å². The summed E-state index contributed by atoms with van der Waals surface area (Å²) < 4.78 is 16.6. The summed E-state index contributed by atoms with van der Waals surface area (Å²) in [7, 11) is 0. The predicted molar refractivity (Wildman–Crippen MR) is 105 cm³/mol. The largest absolute Gasteiger partial charge is 0.349 e. The number of nitrogens with one attached hydrogen (secondary N) is 1. The lowest BCUT2D eigenvalue weighted by Crippen LogP contribution is -2.39. The number of rotatable bonds is 4. The van der Waals surface area contributed by atoms with Crippen LogP contribution in [-0.4, -0.2) is 23.6 Å². The summed E-state index contributed by atoms with van der Waals surface area (Å²) in [6.07, 6.45) is 2.57. The number of aromatic nitrogens is 1. The molecule has 0 saturated heterocycles. The first-order valence-electron chi connectivity index (χ1n) is 8.84. The van der Waals surface area contributed by atoms with Crippen molar-refractivity contribution in [1.82, 2.24) is 9.88 Å². The fourth-order valence-corrected chi connectivity index (χ4v) is 3.85. The van der Waals surface area contributed by atoms with Crippen LogP contribution in [0.2, 0.25) is 5.02 Å². The van der Waals surface area contributed by atoms with Crippen molar-refractivity contribution in [1.29, 1.82) is 0 Å². The zero-order valence-electron chi connectivity index (χ0n) is 14.6. The van der Waals surface area contributed by atoms with Crippen molar-refractivity contribution in [3.8, 4) is 22.3 Å². The molecule has 1 aliphatic rings. The molecule has 4 rings (SSSR count). The molecule has 1 aliphatic heterocycles. The molecule has 1 unspecified atom stereocenters. The molecule has 3 aromatic rings. The van der Waals surface area contributed by atoms with E-state index in [2.05, 4.69) is 5.32 Å². The molecule has 0 fully saturated rings. The first-order chi connectivity index (χ1) is 13.1. The van der Waals surface area contributed by atoms with E-state index in [0.717, 1.165) is 5.56 Å². The van der Waals surface area contributed by atoms with Crippen molar-refractivity contribution in [2.24, 2.45) is 5.73 Å². The minimum atomic E-state index is -0.379. The molecule has 3 N–H and O–H groups in total. The number of nitrogens with zero attached hydrogens (tertiary/aromatic N) is 1. The van der Waals surface area contributed by atoms with E-state index in [-0.39, 0.29) is 17.8 Å². The molecule has 0 aliphatic carbocycles. The second-order valence-electron chi connectivity index (χ2n) is 6.61. The minimum absolute atomic E-state index is 0.0288. The van der Waals surface area contributed by atoms with Gasteiger partial charge in [-0.05, 0) is 36.7 Å². The molecule has 0 radical (unpaired) electrons. The van der Waals surface area contributed by atoms with E-state index in [4.69, 9.17) is 17.3 Å². The fraction of sp³-hybridized carbons (Fsp3) is 0.190. The van der Waals surface area contributed by atoms with Gasteiger partial charge in [0.1, 0.15) is 11.5 Å². The summed E-state index contributed by atoms with van der Waals surface area (Å²) in [6.45, 7) is 1.00. The van der Waals surface area contributed by atoms with Crippen molar-refractivity contribution in [2.45, 2.75) is 12.5 Å². The van der Waals surface area contributed by atoms with E-state index in [1.54, 1.807) is 6.07 Å². The van der Waals surface area contributed by atoms with Crippen LogP contribution in [0.4, 0.5) is 4.39 Å². The maximum atomic E-state index is 14.7. The zero-order chi connectivity index (χ0) is 19.0. The molecule has 4 nitrogen and oxygen atoms in total. The highest BCUT2D eigenvalue weighted by atomic mass is 35.5. The Labute approximate surface area is 161 Å². The van der Waals surface area contributed by atoms with Gasteiger partial charge in [0, 0.05) is 34.5 Å². The molecule has 6 heteroatoms. The molecule has 0 spiro atoms. The molecule has 0 saturated carbocycles. The summed E-state index contributed by atoms with van der Waals surface area (Å²) in [4.78, 5) is 12.7. The molecular weight excluding hydrogens is 365 g/mol. The number of hydrogen-bond acceptors (Lipinski definition) is 2. The van der Waals surface area contributed by atoms with Gasteiger partial charge in [-0.2, -0.15) is 0 Å². The second-order valence-corrected chi connectivity index (χ2v) is 7.04. The molecule has 1 amide bonds. The Morgan fingerprint density at radius 1 is 1.19 bits per heavy atom.